The fraction of sp³-hybridized carbons (Fsp3) is 0.360. The quantitative estimate of drug-likeness (QED) is 0.554. The lowest BCUT2D eigenvalue weighted by Crippen LogP contribution is -2.44. The van der Waals surface area contributed by atoms with E-state index in [-0.39, 0.29) is 11.9 Å². The van der Waals surface area contributed by atoms with E-state index < -0.39 is 0 Å². The third kappa shape index (κ3) is 4.31. The smallest absolute Gasteiger partial charge is 0.267 e. The molecule has 1 saturated heterocycles. The molecule has 0 spiro atoms. The first kappa shape index (κ1) is 20.7. The predicted molar refractivity (Wildman–Crippen MR) is 125 cm³/mol. The summed E-state index contributed by atoms with van der Waals surface area (Å²) in [7, 11) is 1.67. The number of aryl methyl sites for hydroxylation is 1. The maximum absolute atomic E-state index is 13.5. The van der Waals surface area contributed by atoms with Crippen molar-refractivity contribution in [2.24, 2.45) is 10.9 Å². The van der Waals surface area contributed by atoms with Crippen LogP contribution >= 0.6 is 11.8 Å². The van der Waals surface area contributed by atoms with E-state index >= 15 is 0 Å². The molecule has 30 heavy (non-hydrogen) atoms. The minimum absolute atomic E-state index is 0.0629. The lowest BCUT2D eigenvalue weighted by Gasteiger charge is -2.35. The van der Waals surface area contributed by atoms with Crippen molar-refractivity contribution in [3.8, 4) is 5.75 Å². The molecule has 1 saturated carbocycles. The maximum atomic E-state index is 13.5. The van der Waals surface area contributed by atoms with Gasteiger partial charge in [0.15, 0.2) is 5.17 Å². The number of hydrogen-bond acceptors (Lipinski definition) is 4. The Morgan fingerprint density at radius 1 is 1.13 bits per heavy atom. The van der Waals surface area contributed by atoms with E-state index in [1.807, 2.05) is 66.4 Å². The van der Waals surface area contributed by atoms with E-state index in [2.05, 4.69) is 6.92 Å². The topological polar surface area (TPSA) is 41.9 Å². The number of hydrogen-bond donors (Lipinski definition) is 0. The molecular formula is C25H28N2O2S. The van der Waals surface area contributed by atoms with Crippen LogP contribution in [0.1, 0.15) is 43.7 Å². The molecule has 0 unspecified atom stereocenters. The standard InChI is InChI=1S/C25H28N2O2S/c1-17-9-7-8-12-21(17)27-24(28)23(16-19-14-13-18(2)22(15-19)29-3)30-25(27)26-20-10-5-4-6-11-20/h4-6,10-11,13-17,21H,7-9,12H2,1-3H3/b23-16-,26-25?/t17-,21+/m1/s1. The van der Waals surface area contributed by atoms with Crippen LogP contribution in [0.2, 0.25) is 0 Å². The first-order valence-corrected chi connectivity index (χ1v) is 11.4. The van der Waals surface area contributed by atoms with Crippen molar-refractivity contribution in [1.29, 1.82) is 0 Å². The van der Waals surface area contributed by atoms with Gasteiger partial charge in [-0.25, -0.2) is 4.99 Å². The number of carbonyl (C=O) groups excluding carboxylic acids is 1. The lowest BCUT2D eigenvalue weighted by atomic mass is 9.85. The average molecular weight is 421 g/mol. The van der Waals surface area contributed by atoms with Crippen LogP contribution in [0.4, 0.5) is 5.69 Å². The van der Waals surface area contributed by atoms with Crippen LogP contribution in [0.5, 0.6) is 5.75 Å². The van der Waals surface area contributed by atoms with Crippen LogP contribution in [0.15, 0.2) is 58.4 Å². The highest BCUT2D eigenvalue weighted by Crippen LogP contribution is 2.40. The fourth-order valence-corrected chi connectivity index (χ4v) is 5.27. The highest BCUT2D eigenvalue weighted by atomic mass is 32.2. The van der Waals surface area contributed by atoms with Crippen LogP contribution in [0.25, 0.3) is 6.08 Å². The Balaban J connectivity index is 1.72. The molecule has 2 atom stereocenters. The summed E-state index contributed by atoms with van der Waals surface area (Å²) in [6.45, 7) is 4.27. The number of amidine groups is 1. The molecule has 2 aliphatic rings. The number of amides is 1. The molecule has 2 fully saturated rings. The molecule has 1 aliphatic heterocycles. The molecule has 1 amide bonds. The third-order valence-electron chi connectivity index (χ3n) is 5.95. The van der Waals surface area contributed by atoms with Gasteiger partial charge in [0.2, 0.25) is 0 Å². The molecule has 0 radical (unpaired) electrons. The van der Waals surface area contributed by atoms with Crippen LogP contribution in [0, 0.1) is 12.8 Å². The molecule has 1 heterocycles. The number of benzene rings is 2. The van der Waals surface area contributed by atoms with Gasteiger partial charge < -0.3 is 4.74 Å². The van der Waals surface area contributed by atoms with Gasteiger partial charge >= 0.3 is 0 Å². The SMILES string of the molecule is COc1cc(/C=C2\SC(=Nc3ccccc3)N([C@H]3CCCC[C@H]3C)C2=O)ccc1C. The van der Waals surface area contributed by atoms with Crippen LogP contribution < -0.4 is 4.74 Å². The zero-order chi connectivity index (χ0) is 21.1. The van der Waals surface area contributed by atoms with Crippen molar-refractivity contribution in [3.63, 3.8) is 0 Å². The summed E-state index contributed by atoms with van der Waals surface area (Å²) in [4.78, 5) is 21.0. The Kier molecular flexibility index (Phi) is 6.28. The maximum Gasteiger partial charge on any atom is 0.267 e. The van der Waals surface area contributed by atoms with Crippen molar-refractivity contribution in [2.75, 3.05) is 7.11 Å². The minimum atomic E-state index is 0.0629. The van der Waals surface area contributed by atoms with Gasteiger partial charge in [0.1, 0.15) is 5.75 Å². The number of carbonyl (C=O) groups is 1. The van der Waals surface area contributed by atoms with Gasteiger partial charge in [0.25, 0.3) is 5.91 Å². The second-order valence-electron chi connectivity index (χ2n) is 8.07. The largest absolute Gasteiger partial charge is 0.496 e. The third-order valence-corrected chi connectivity index (χ3v) is 6.93. The number of ether oxygens (including phenoxy) is 1. The Labute approximate surface area is 183 Å². The van der Waals surface area contributed by atoms with Crippen molar-refractivity contribution >= 4 is 34.6 Å². The highest BCUT2D eigenvalue weighted by Gasteiger charge is 2.41. The van der Waals surface area contributed by atoms with Gasteiger partial charge in [-0.3, -0.25) is 9.69 Å². The van der Waals surface area contributed by atoms with Crippen molar-refractivity contribution < 1.29 is 9.53 Å². The fourth-order valence-electron chi connectivity index (χ4n) is 4.23. The van der Waals surface area contributed by atoms with Crippen molar-refractivity contribution in [1.82, 2.24) is 4.90 Å². The molecule has 156 valence electrons. The van der Waals surface area contributed by atoms with Crippen LogP contribution in [-0.2, 0) is 4.79 Å². The van der Waals surface area contributed by atoms with Gasteiger partial charge in [0, 0.05) is 6.04 Å². The van der Waals surface area contributed by atoms with Gasteiger partial charge in [-0.1, -0.05) is 50.1 Å². The Bertz CT molecular complexity index is 984. The molecule has 2 aromatic rings. The summed E-state index contributed by atoms with van der Waals surface area (Å²) in [5.41, 5.74) is 2.92. The van der Waals surface area contributed by atoms with Gasteiger partial charge in [-0.05, 0) is 72.8 Å². The summed E-state index contributed by atoms with van der Waals surface area (Å²) in [5.74, 6) is 1.37. The first-order valence-electron chi connectivity index (χ1n) is 10.6. The first-order chi connectivity index (χ1) is 14.6. The number of aliphatic imine (C=N–C) groups is 1. The predicted octanol–water partition coefficient (Wildman–Crippen LogP) is 6.19. The summed E-state index contributed by atoms with van der Waals surface area (Å²) in [5, 5.41) is 0.787. The molecule has 4 nitrogen and oxygen atoms in total. The molecule has 0 bridgehead atoms. The molecule has 5 heteroatoms. The van der Waals surface area contributed by atoms with Crippen molar-refractivity contribution in [2.45, 2.75) is 45.6 Å². The second-order valence-corrected chi connectivity index (χ2v) is 9.08. The molecule has 4 rings (SSSR count). The Morgan fingerprint density at radius 2 is 1.90 bits per heavy atom. The number of para-hydroxylation sites is 1. The minimum Gasteiger partial charge on any atom is -0.496 e. The second kappa shape index (κ2) is 9.09. The summed E-state index contributed by atoms with van der Waals surface area (Å²) >= 11 is 1.48. The summed E-state index contributed by atoms with van der Waals surface area (Å²) < 4.78 is 5.45. The zero-order valence-electron chi connectivity index (χ0n) is 17.8. The van der Waals surface area contributed by atoms with Crippen molar-refractivity contribution in [3.05, 3.63) is 64.6 Å². The van der Waals surface area contributed by atoms with E-state index in [9.17, 15) is 4.79 Å². The molecular weight excluding hydrogens is 392 g/mol. The highest BCUT2D eigenvalue weighted by molar-refractivity contribution is 8.18. The number of methoxy groups -OCH3 is 1. The number of rotatable bonds is 4. The zero-order valence-corrected chi connectivity index (χ0v) is 18.6. The van der Waals surface area contributed by atoms with Crippen LogP contribution in [0.3, 0.4) is 0 Å². The molecule has 0 aromatic heterocycles. The molecule has 2 aromatic carbocycles. The lowest BCUT2D eigenvalue weighted by molar-refractivity contribution is -0.124. The Morgan fingerprint density at radius 3 is 2.63 bits per heavy atom. The monoisotopic (exact) mass is 420 g/mol. The molecule has 1 aliphatic carbocycles. The summed E-state index contributed by atoms with van der Waals surface area (Å²) in [6.07, 6.45) is 6.56. The van der Waals surface area contributed by atoms with Crippen LogP contribution in [-0.4, -0.2) is 29.1 Å². The normalized spacial score (nSPS) is 24.6. The molecule has 0 N–H and O–H groups in total. The van der Waals surface area contributed by atoms with E-state index in [1.165, 1.54) is 18.2 Å². The van der Waals surface area contributed by atoms with Gasteiger partial charge in [-0.2, -0.15) is 0 Å². The summed E-state index contributed by atoms with van der Waals surface area (Å²) in [6, 6.07) is 16.1. The van der Waals surface area contributed by atoms with E-state index in [0.717, 1.165) is 47.0 Å². The number of thioether (sulfide) groups is 1. The average Bonchev–Trinajstić information content (AvgIpc) is 3.05. The Hall–Kier alpha value is -2.53. The van der Waals surface area contributed by atoms with Gasteiger partial charge in [0.05, 0.1) is 17.7 Å². The van der Waals surface area contributed by atoms with E-state index in [1.54, 1.807) is 7.11 Å². The van der Waals surface area contributed by atoms with E-state index in [0.29, 0.717) is 10.8 Å². The number of nitrogens with zero attached hydrogens (tertiary/aromatic N) is 2. The van der Waals surface area contributed by atoms with E-state index in [4.69, 9.17) is 9.73 Å². The van der Waals surface area contributed by atoms with Gasteiger partial charge in [-0.15, -0.1) is 0 Å².